The summed E-state index contributed by atoms with van der Waals surface area (Å²) in [6.07, 6.45) is 0. The van der Waals surface area contributed by atoms with E-state index in [0.717, 1.165) is 0 Å². The minimum absolute atomic E-state index is 0.0295. The summed E-state index contributed by atoms with van der Waals surface area (Å²) in [4.78, 5) is 13.3. The Hall–Kier alpha value is -2.29. The van der Waals surface area contributed by atoms with Gasteiger partial charge in [0.25, 0.3) is 0 Å². The van der Waals surface area contributed by atoms with E-state index in [1.807, 2.05) is 0 Å². The average Bonchev–Trinajstić information content (AvgIpc) is 2.61. The molecule has 2 rings (SSSR count). The van der Waals surface area contributed by atoms with Crippen molar-refractivity contribution in [1.82, 2.24) is 9.62 Å². The number of carbonyl (C=O) groups is 1. The monoisotopic (exact) mass is 380 g/mol. The highest BCUT2D eigenvalue weighted by atomic mass is 32.2. The number of methoxy groups -OCH3 is 1. The molecule has 0 aliphatic heterocycles. The van der Waals surface area contributed by atoms with Gasteiger partial charge in [0.15, 0.2) is 0 Å². The SMILES string of the molecule is COC(=O)c1ccc(S(=O)(=O)NC[C@@H](c2cccc(F)c2)N(C)C)cc1. The second-order valence-electron chi connectivity index (χ2n) is 5.90. The second-order valence-corrected chi connectivity index (χ2v) is 7.67. The predicted molar refractivity (Wildman–Crippen MR) is 95.8 cm³/mol. The molecule has 1 N–H and O–H groups in total. The Kier molecular flexibility index (Phi) is 6.47. The molecule has 2 aromatic rings. The van der Waals surface area contributed by atoms with Gasteiger partial charge in [-0.3, -0.25) is 0 Å². The summed E-state index contributed by atoms with van der Waals surface area (Å²) >= 11 is 0. The number of hydrogen-bond donors (Lipinski definition) is 1. The number of ether oxygens (including phenoxy) is 1. The molecule has 0 aliphatic carbocycles. The minimum atomic E-state index is -3.78. The van der Waals surface area contributed by atoms with Gasteiger partial charge in [-0.1, -0.05) is 12.1 Å². The van der Waals surface area contributed by atoms with Crippen molar-refractivity contribution in [3.8, 4) is 0 Å². The fraction of sp³-hybridized carbons (Fsp3) is 0.278. The normalized spacial score (nSPS) is 12.8. The van der Waals surface area contributed by atoms with E-state index < -0.39 is 16.0 Å². The number of carbonyl (C=O) groups excluding carboxylic acids is 1. The van der Waals surface area contributed by atoms with Crippen molar-refractivity contribution in [1.29, 1.82) is 0 Å². The zero-order chi connectivity index (χ0) is 19.3. The molecule has 6 nitrogen and oxygen atoms in total. The minimum Gasteiger partial charge on any atom is -0.465 e. The molecule has 0 aromatic heterocycles. The molecule has 0 saturated heterocycles. The Morgan fingerprint density at radius 3 is 2.38 bits per heavy atom. The molecular weight excluding hydrogens is 359 g/mol. The molecule has 0 bridgehead atoms. The van der Waals surface area contributed by atoms with Crippen LogP contribution in [0.15, 0.2) is 53.4 Å². The fourth-order valence-corrected chi connectivity index (χ4v) is 3.51. The summed E-state index contributed by atoms with van der Waals surface area (Å²) in [5.41, 5.74) is 0.927. The van der Waals surface area contributed by atoms with E-state index >= 15 is 0 Å². The van der Waals surface area contributed by atoms with E-state index in [1.165, 1.54) is 43.5 Å². The molecule has 2 aromatic carbocycles. The van der Waals surface area contributed by atoms with Crippen LogP contribution in [0.3, 0.4) is 0 Å². The first-order valence-corrected chi connectivity index (χ1v) is 9.33. The van der Waals surface area contributed by atoms with Gasteiger partial charge in [-0.25, -0.2) is 22.3 Å². The Balaban J connectivity index is 2.16. The van der Waals surface area contributed by atoms with Gasteiger partial charge < -0.3 is 9.64 Å². The summed E-state index contributed by atoms with van der Waals surface area (Å²) in [5.74, 6) is -0.920. The van der Waals surface area contributed by atoms with Crippen LogP contribution >= 0.6 is 0 Å². The maximum atomic E-state index is 13.5. The number of rotatable bonds is 7. The number of likely N-dealkylation sites (N-methyl/N-ethyl adjacent to an activating group) is 1. The van der Waals surface area contributed by atoms with Crippen molar-refractivity contribution in [2.24, 2.45) is 0 Å². The van der Waals surface area contributed by atoms with Crippen molar-refractivity contribution >= 4 is 16.0 Å². The lowest BCUT2D eigenvalue weighted by Crippen LogP contribution is -2.34. The van der Waals surface area contributed by atoms with E-state index in [-0.39, 0.29) is 28.9 Å². The molecule has 0 spiro atoms. The van der Waals surface area contributed by atoms with Crippen molar-refractivity contribution in [2.75, 3.05) is 27.7 Å². The lowest BCUT2D eigenvalue weighted by atomic mass is 10.1. The zero-order valence-electron chi connectivity index (χ0n) is 14.8. The first kappa shape index (κ1) is 20.0. The highest BCUT2D eigenvalue weighted by Crippen LogP contribution is 2.19. The van der Waals surface area contributed by atoms with Crippen LogP contribution in [0.4, 0.5) is 4.39 Å². The molecule has 0 aliphatic rings. The third-order valence-corrected chi connectivity index (χ3v) is 5.35. The smallest absolute Gasteiger partial charge is 0.337 e. The summed E-state index contributed by atoms with van der Waals surface area (Å²) in [7, 11) is 1.05. The first-order chi connectivity index (χ1) is 12.2. The van der Waals surface area contributed by atoms with Crippen LogP contribution in [0, 0.1) is 5.82 Å². The van der Waals surface area contributed by atoms with Gasteiger partial charge in [-0.15, -0.1) is 0 Å². The quantitative estimate of drug-likeness (QED) is 0.746. The third kappa shape index (κ3) is 4.87. The molecule has 26 heavy (non-hydrogen) atoms. The molecule has 0 unspecified atom stereocenters. The molecule has 140 valence electrons. The number of sulfonamides is 1. The lowest BCUT2D eigenvalue weighted by molar-refractivity contribution is 0.0600. The molecule has 1 atom stereocenters. The Bertz CT molecular complexity index is 867. The average molecular weight is 380 g/mol. The van der Waals surface area contributed by atoms with Gasteiger partial charge in [-0.05, 0) is 56.1 Å². The van der Waals surface area contributed by atoms with Gasteiger partial charge in [0.05, 0.1) is 17.6 Å². The topological polar surface area (TPSA) is 75.7 Å². The van der Waals surface area contributed by atoms with Crippen molar-refractivity contribution in [2.45, 2.75) is 10.9 Å². The number of halogens is 1. The van der Waals surface area contributed by atoms with Gasteiger partial charge in [-0.2, -0.15) is 0 Å². The van der Waals surface area contributed by atoms with E-state index in [9.17, 15) is 17.6 Å². The Morgan fingerprint density at radius 2 is 1.85 bits per heavy atom. The summed E-state index contributed by atoms with van der Waals surface area (Å²) in [6.45, 7) is 0.0670. The Morgan fingerprint density at radius 1 is 1.19 bits per heavy atom. The van der Waals surface area contributed by atoms with Crippen LogP contribution < -0.4 is 4.72 Å². The van der Waals surface area contributed by atoms with Crippen LogP contribution in [-0.4, -0.2) is 47.0 Å². The molecule has 0 heterocycles. The Labute approximate surface area is 152 Å². The van der Waals surface area contributed by atoms with Crippen LogP contribution in [0.1, 0.15) is 22.0 Å². The number of esters is 1. The largest absolute Gasteiger partial charge is 0.465 e. The van der Waals surface area contributed by atoms with Crippen LogP contribution in [0.5, 0.6) is 0 Å². The van der Waals surface area contributed by atoms with E-state index in [2.05, 4.69) is 9.46 Å². The molecule has 0 saturated carbocycles. The number of hydrogen-bond acceptors (Lipinski definition) is 5. The standard InChI is InChI=1S/C18H21FN2O4S/c1-21(2)17(14-5-4-6-15(19)11-14)12-20-26(23,24)16-9-7-13(8-10-16)18(22)25-3/h4-11,17,20H,12H2,1-3H3/t17-/m0/s1. The predicted octanol–water partition coefficient (Wildman–Crippen LogP) is 2.19. The number of benzene rings is 2. The van der Waals surface area contributed by atoms with Crippen LogP contribution in [0.25, 0.3) is 0 Å². The van der Waals surface area contributed by atoms with E-state index in [4.69, 9.17) is 0 Å². The highest BCUT2D eigenvalue weighted by molar-refractivity contribution is 7.89. The lowest BCUT2D eigenvalue weighted by Gasteiger charge is -2.25. The summed E-state index contributed by atoms with van der Waals surface area (Å²) in [5, 5.41) is 0. The first-order valence-electron chi connectivity index (χ1n) is 7.84. The van der Waals surface area contributed by atoms with Gasteiger partial charge in [0.1, 0.15) is 5.82 Å². The van der Waals surface area contributed by atoms with E-state index in [0.29, 0.717) is 5.56 Å². The number of nitrogens with one attached hydrogen (secondary N) is 1. The zero-order valence-corrected chi connectivity index (χ0v) is 15.6. The fourth-order valence-electron chi connectivity index (χ4n) is 2.47. The maximum absolute atomic E-state index is 13.5. The maximum Gasteiger partial charge on any atom is 0.337 e. The molecular formula is C18H21FN2O4S. The van der Waals surface area contributed by atoms with Crippen LogP contribution in [0.2, 0.25) is 0 Å². The second kappa shape index (κ2) is 8.39. The summed E-state index contributed by atoms with van der Waals surface area (Å²) in [6, 6.07) is 11.1. The van der Waals surface area contributed by atoms with Crippen molar-refractivity contribution in [3.63, 3.8) is 0 Å². The highest BCUT2D eigenvalue weighted by Gasteiger charge is 2.20. The molecule has 0 amide bonds. The third-order valence-electron chi connectivity index (χ3n) is 3.91. The molecule has 8 heteroatoms. The van der Waals surface area contributed by atoms with Crippen molar-refractivity contribution in [3.05, 3.63) is 65.5 Å². The number of nitrogens with zero attached hydrogens (tertiary/aromatic N) is 1. The van der Waals surface area contributed by atoms with Crippen molar-refractivity contribution < 1.29 is 22.3 Å². The van der Waals surface area contributed by atoms with Gasteiger partial charge >= 0.3 is 5.97 Å². The van der Waals surface area contributed by atoms with E-state index in [1.54, 1.807) is 31.1 Å². The van der Waals surface area contributed by atoms with Crippen LogP contribution in [-0.2, 0) is 14.8 Å². The van der Waals surface area contributed by atoms with Gasteiger partial charge in [0.2, 0.25) is 10.0 Å². The van der Waals surface area contributed by atoms with Gasteiger partial charge in [0, 0.05) is 12.6 Å². The molecule has 0 radical (unpaired) electrons. The molecule has 0 fully saturated rings. The summed E-state index contributed by atoms with van der Waals surface area (Å²) < 4.78 is 45.6.